The van der Waals surface area contributed by atoms with Crippen LogP contribution >= 0.6 is 0 Å². The number of nitrogens with two attached hydrogens (primary N) is 1. The summed E-state index contributed by atoms with van der Waals surface area (Å²) in [4.78, 5) is 21.4. The van der Waals surface area contributed by atoms with Crippen LogP contribution in [0, 0.1) is 6.92 Å². The van der Waals surface area contributed by atoms with Gasteiger partial charge in [-0.3, -0.25) is 9.69 Å². The molecule has 138 valence electrons. The summed E-state index contributed by atoms with van der Waals surface area (Å²) in [6, 6.07) is 19.8. The molecule has 0 spiro atoms. The second-order valence-corrected chi connectivity index (χ2v) is 7.05. The molecule has 2 N–H and O–H groups in total. The van der Waals surface area contributed by atoms with Crippen molar-refractivity contribution in [3.05, 3.63) is 71.8 Å². The van der Waals surface area contributed by atoms with Gasteiger partial charge in [-0.05, 0) is 30.2 Å². The third-order valence-corrected chi connectivity index (χ3v) is 5.30. The van der Waals surface area contributed by atoms with Crippen LogP contribution in [0.25, 0.3) is 10.9 Å². The van der Waals surface area contributed by atoms with Crippen LogP contribution in [0.2, 0.25) is 0 Å². The lowest BCUT2D eigenvalue weighted by Crippen LogP contribution is -2.50. The van der Waals surface area contributed by atoms with Gasteiger partial charge < -0.3 is 10.6 Å². The summed E-state index contributed by atoms with van der Waals surface area (Å²) in [5.41, 5.74) is 8.93. The van der Waals surface area contributed by atoms with E-state index in [0.29, 0.717) is 0 Å². The fourth-order valence-corrected chi connectivity index (χ4v) is 3.89. The van der Waals surface area contributed by atoms with E-state index in [9.17, 15) is 4.79 Å². The molecule has 0 radical (unpaired) electrons. The topological polar surface area (TPSA) is 62.5 Å². The zero-order valence-corrected chi connectivity index (χ0v) is 15.5. The van der Waals surface area contributed by atoms with Gasteiger partial charge in [0.1, 0.15) is 11.9 Å². The molecular formula is C22H24N4O. The van der Waals surface area contributed by atoms with Crippen molar-refractivity contribution in [3.63, 3.8) is 0 Å². The van der Waals surface area contributed by atoms with E-state index < -0.39 is 0 Å². The van der Waals surface area contributed by atoms with Crippen LogP contribution in [-0.4, -0.2) is 42.0 Å². The minimum Gasteiger partial charge on any atom is -0.368 e. The standard InChI is InChI=1S/C22H24N4O/c1-16-15-20(24-19-10-6-5-9-18(16)19)25-11-13-26(14-12-25)21(22(23)27)17-7-3-2-4-8-17/h2-10,15,21H,11-14H2,1H3,(H2,23,27). The Labute approximate surface area is 159 Å². The molecule has 0 bridgehead atoms. The number of carbonyl (C=O) groups excluding carboxylic acids is 1. The van der Waals surface area contributed by atoms with Gasteiger partial charge in [-0.25, -0.2) is 4.98 Å². The number of primary amides is 1. The van der Waals surface area contributed by atoms with Gasteiger partial charge in [-0.2, -0.15) is 0 Å². The van der Waals surface area contributed by atoms with E-state index in [4.69, 9.17) is 10.7 Å². The van der Waals surface area contributed by atoms with Crippen LogP contribution < -0.4 is 10.6 Å². The Morgan fingerprint density at radius 1 is 1.00 bits per heavy atom. The van der Waals surface area contributed by atoms with Gasteiger partial charge in [0.2, 0.25) is 5.91 Å². The molecule has 1 saturated heterocycles. The second-order valence-electron chi connectivity index (χ2n) is 7.05. The van der Waals surface area contributed by atoms with E-state index in [2.05, 4.69) is 34.9 Å². The van der Waals surface area contributed by atoms with Crippen LogP contribution in [0.1, 0.15) is 17.2 Å². The van der Waals surface area contributed by atoms with Gasteiger partial charge in [0.25, 0.3) is 0 Å². The number of para-hydroxylation sites is 1. The maximum Gasteiger partial charge on any atom is 0.239 e. The quantitative estimate of drug-likeness (QED) is 0.777. The Morgan fingerprint density at radius 2 is 1.67 bits per heavy atom. The van der Waals surface area contributed by atoms with Crippen LogP contribution in [0.3, 0.4) is 0 Å². The van der Waals surface area contributed by atoms with E-state index in [1.807, 2.05) is 42.5 Å². The van der Waals surface area contributed by atoms with E-state index in [1.54, 1.807) is 0 Å². The van der Waals surface area contributed by atoms with E-state index in [1.165, 1.54) is 10.9 Å². The average molecular weight is 360 g/mol. The smallest absolute Gasteiger partial charge is 0.239 e. The van der Waals surface area contributed by atoms with Crippen molar-refractivity contribution in [1.29, 1.82) is 0 Å². The minimum absolute atomic E-state index is 0.297. The third kappa shape index (κ3) is 3.51. The summed E-state index contributed by atoms with van der Waals surface area (Å²) in [5.74, 6) is 0.704. The second kappa shape index (κ2) is 7.37. The molecule has 27 heavy (non-hydrogen) atoms. The predicted octanol–water partition coefficient (Wildman–Crippen LogP) is 2.89. The molecule has 1 amide bonds. The molecule has 1 aliphatic rings. The molecule has 1 atom stereocenters. The van der Waals surface area contributed by atoms with Gasteiger partial charge in [-0.1, -0.05) is 48.5 Å². The number of hydrogen-bond donors (Lipinski definition) is 1. The van der Waals surface area contributed by atoms with Gasteiger partial charge >= 0.3 is 0 Å². The lowest BCUT2D eigenvalue weighted by atomic mass is 10.0. The zero-order valence-electron chi connectivity index (χ0n) is 15.5. The highest BCUT2D eigenvalue weighted by atomic mass is 16.1. The monoisotopic (exact) mass is 360 g/mol. The summed E-state index contributed by atoms with van der Waals surface area (Å²) in [6.07, 6.45) is 0. The molecule has 2 heterocycles. The van der Waals surface area contributed by atoms with E-state index in [-0.39, 0.29) is 11.9 Å². The lowest BCUT2D eigenvalue weighted by molar-refractivity contribution is -0.123. The molecule has 5 heteroatoms. The molecular weight excluding hydrogens is 336 g/mol. The van der Waals surface area contributed by atoms with Crippen molar-refractivity contribution in [1.82, 2.24) is 9.88 Å². The molecule has 4 rings (SSSR count). The first-order valence-corrected chi connectivity index (χ1v) is 9.33. The average Bonchev–Trinajstić information content (AvgIpc) is 2.69. The maximum atomic E-state index is 12.1. The highest BCUT2D eigenvalue weighted by Gasteiger charge is 2.29. The van der Waals surface area contributed by atoms with Crippen molar-refractivity contribution in [2.45, 2.75) is 13.0 Å². The Bertz CT molecular complexity index is 949. The number of pyridine rings is 1. The third-order valence-electron chi connectivity index (χ3n) is 5.30. The minimum atomic E-state index is -0.375. The molecule has 3 aromatic rings. The van der Waals surface area contributed by atoms with Crippen molar-refractivity contribution >= 4 is 22.6 Å². The number of aromatic nitrogens is 1. The number of piperazine rings is 1. The van der Waals surface area contributed by atoms with Crippen molar-refractivity contribution in [2.75, 3.05) is 31.1 Å². The SMILES string of the molecule is Cc1cc(N2CCN(C(C(N)=O)c3ccccc3)CC2)nc2ccccc12. The molecule has 5 nitrogen and oxygen atoms in total. The van der Waals surface area contributed by atoms with Gasteiger partial charge in [0.15, 0.2) is 0 Å². The van der Waals surface area contributed by atoms with Crippen molar-refractivity contribution in [2.24, 2.45) is 5.73 Å². The first-order valence-electron chi connectivity index (χ1n) is 9.33. The van der Waals surface area contributed by atoms with Crippen LogP contribution in [-0.2, 0) is 4.79 Å². The molecule has 1 fully saturated rings. The summed E-state index contributed by atoms with van der Waals surface area (Å²) < 4.78 is 0. The number of benzene rings is 2. The normalized spacial score (nSPS) is 16.4. The highest BCUT2D eigenvalue weighted by molar-refractivity contribution is 5.84. The fourth-order valence-electron chi connectivity index (χ4n) is 3.89. The zero-order chi connectivity index (χ0) is 18.8. The Balaban J connectivity index is 1.52. The number of fused-ring (bicyclic) bond motifs is 1. The van der Waals surface area contributed by atoms with Crippen molar-refractivity contribution < 1.29 is 4.79 Å². The number of amides is 1. The first-order chi connectivity index (χ1) is 13.1. The van der Waals surface area contributed by atoms with Crippen LogP contribution in [0.4, 0.5) is 5.82 Å². The molecule has 0 aliphatic carbocycles. The maximum absolute atomic E-state index is 12.1. The number of nitrogens with zero attached hydrogens (tertiary/aromatic N) is 3. The Kier molecular flexibility index (Phi) is 4.77. The number of carbonyl (C=O) groups is 1. The summed E-state index contributed by atoms with van der Waals surface area (Å²) in [7, 11) is 0. The van der Waals surface area contributed by atoms with E-state index >= 15 is 0 Å². The number of aryl methyl sites for hydroxylation is 1. The summed E-state index contributed by atoms with van der Waals surface area (Å²) in [6.45, 7) is 5.32. The summed E-state index contributed by atoms with van der Waals surface area (Å²) >= 11 is 0. The molecule has 1 unspecified atom stereocenters. The first kappa shape index (κ1) is 17.5. The molecule has 2 aromatic carbocycles. The number of rotatable bonds is 4. The fraction of sp³-hybridized carbons (Fsp3) is 0.273. The molecule has 1 aliphatic heterocycles. The Hall–Kier alpha value is -2.92. The van der Waals surface area contributed by atoms with Crippen LogP contribution in [0.5, 0.6) is 0 Å². The number of hydrogen-bond acceptors (Lipinski definition) is 4. The largest absolute Gasteiger partial charge is 0.368 e. The summed E-state index contributed by atoms with van der Waals surface area (Å²) in [5, 5.41) is 1.19. The van der Waals surface area contributed by atoms with Gasteiger partial charge in [0.05, 0.1) is 5.52 Å². The molecule has 0 saturated carbocycles. The Morgan fingerprint density at radius 3 is 2.37 bits per heavy atom. The highest BCUT2D eigenvalue weighted by Crippen LogP contribution is 2.26. The lowest BCUT2D eigenvalue weighted by Gasteiger charge is -2.39. The van der Waals surface area contributed by atoms with Crippen LogP contribution in [0.15, 0.2) is 60.7 Å². The van der Waals surface area contributed by atoms with E-state index in [0.717, 1.165) is 43.1 Å². The van der Waals surface area contributed by atoms with Gasteiger partial charge in [-0.15, -0.1) is 0 Å². The number of anilines is 1. The van der Waals surface area contributed by atoms with Gasteiger partial charge in [0, 0.05) is 31.6 Å². The molecule has 1 aromatic heterocycles. The van der Waals surface area contributed by atoms with Crippen molar-refractivity contribution in [3.8, 4) is 0 Å². The predicted molar refractivity (Wildman–Crippen MR) is 109 cm³/mol.